The molecule has 0 aliphatic heterocycles. The van der Waals surface area contributed by atoms with Crippen LogP contribution in [0.5, 0.6) is 5.75 Å². The van der Waals surface area contributed by atoms with Crippen molar-refractivity contribution in [2.45, 2.75) is 11.8 Å². The molecule has 1 heterocycles. The van der Waals surface area contributed by atoms with Crippen LogP contribution in [0.2, 0.25) is 0 Å². The number of carbonyl (C=O) groups is 1. The highest BCUT2D eigenvalue weighted by molar-refractivity contribution is 7.89. The predicted octanol–water partition coefficient (Wildman–Crippen LogP) is 0.502. The Hall–Kier alpha value is -2.52. The van der Waals surface area contributed by atoms with Gasteiger partial charge in [0.25, 0.3) is 5.91 Å². The van der Waals surface area contributed by atoms with Gasteiger partial charge in [0, 0.05) is 19.3 Å². The summed E-state index contributed by atoms with van der Waals surface area (Å²) < 4.78 is 31.6. The molecule has 1 aromatic heterocycles. The molecule has 2 N–H and O–H groups in total. The fourth-order valence-corrected chi connectivity index (χ4v) is 2.90. The first kappa shape index (κ1) is 17.8. The molecule has 0 saturated carbocycles. The van der Waals surface area contributed by atoms with Gasteiger partial charge in [0.05, 0.1) is 12.0 Å². The molecule has 0 bridgehead atoms. The van der Waals surface area contributed by atoms with Gasteiger partial charge in [-0.15, -0.1) is 0 Å². The zero-order valence-electron chi connectivity index (χ0n) is 13.3. The predicted molar refractivity (Wildman–Crippen MR) is 87.3 cm³/mol. The van der Waals surface area contributed by atoms with Gasteiger partial charge < -0.3 is 10.1 Å². The van der Waals surface area contributed by atoms with E-state index in [9.17, 15) is 13.2 Å². The number of nitrogens with zero attached hydrogens (tertiary/aromatic N) is 2. The average molecular weight is 350 g/mol. The number of methoxy groups -OCH3 is 1. The minimum Gasteiger partial charge on any atom is -0.497 e. The summed E-state index contributed by atoms with van der Waals surface area (Å²) >= 11 is 0. The molecule has 0 radical (unpaired) electrons. The second-order valence-corrected chi connectivity index (χ2v) is 6.59. The van der Waals surface area contributed by atoms with Crippen molar-refractivity contribution in [2.24, 2.45) is 0 Å². The Morgan fingerprint density at radius 1 is 1.17 bits per heavy atom. The van der Waals surface area contributed by atoms with Crippen molar-refractivity contribution in [1.82, 2.24) is 20.0 Å². The first-order valence-corrected chi connectivity index (χ1v) is 8.62. The van der Waals surface area contributed by atoms with Gasteiger partial charge in [0.15, 0.2) is 0 Å². The molecule has 128 valence electrons. The average Bonchev–Trinajstić information content (AvgIpc) is 2.58. The molecule has 2 rings (SSSR count). The summed E-state index contributed by atoms with van der Waals surface area (Å²) in [5.41, 5.74) is 0.237. The lowest BCUT2D eigenvalue weighted by Gasteiger charge is -2.08. The SMILES string of the molecule is COc1ccc(S(=O)(=O)NCCNC(=O)c2ccnc(C)n2)cc1. The monoisotopic (exact) mass is 350 g/mol. The second kappa shape index (κ2) is 7.84. The van der Waals surface area contributed by atoms with Gasteiger partial charge in [-0.2, -0.15) is 0 Å². The highest BCUT2D eigenvalue weighted by Gasteiger charge is 2.13. The molecule has 0 aliphatic carbocycles. The van der Waals surface area contributed by atoms with Crippen molar-refractivity contribution in [3.8, 4) is 5.75 Å². The smallest absolute Gasteiger partial charge is 0.270 e. The number of hydrogen-bond donors (Lipinski definition) is 2. The maximum Gasteiger partial charge on any atom is 0.270 e. The van der Waals surface area contributed by atoms with Crippen LogP contribution in [-0.4, -0.2) is 44.5 Å². The van der Waals surface area contributed by atoms with E-state index in [1.807, 2.05) is 0 Å². The van der Waals surface area contributed by atoms with Gasteiger partial charge in [-0.05, 0) is 37.3 Å². The Morgan fingerprint density at radius 2 is 1.88 bits per heavy atom. The van der Waals surface area contributed by atoms with Crippen molar-refractivity contribution < 1.29 is 17.9 Å². The zero-order valence-corrected chi connectivity index (χ0v) is 14.1. The summed E-state index contributed by atoms with van der Waals surface area (Å²) in [6, 6.07) is 7.51. The van der Waals surface area contributed by atoms with Gasteiger partial charge in [0.2, 0.25) is 10.0 Å². The van der Waals surface area contributed by atoms with Crippen LogP contribution >= 0.6 is 0 Å². The molecule has 1 aromatic carbocycles. The van der Waals surface area contributed by atoms with E-state index >= 15 is 0 Å². The van der Waals surface area contributed by atoms with Gasteiger partial charge >= 0.3 is 0 Å². The highest BCUT2D eigenvalue weighted by atomic mass is 32.2. The van der Waals surface area contributed by atoms with Crippen molar-refractivity contribution in [1.29, 1.82) is 0 Å². The van der Waals surface area contributed by atoms with Crippen molar-refractivity contribution in [2.75, 3.05) is 20.2 Å². The van der Waals surface area contributed by atoms with Crippen LogP contribution in [0.1, 0.15) is 16.3 Å². The van der Waals surface area contributed by atoms with E-state index in [0.29, 0.717) is 11.6 Å². The van der Waals surface area contributed by atoms with Gasteiger partial charge in [-0.1, -0.05) is 0 Å². The number of ether oxygens (including phenoxy) is 1. The van der Waals surface area contributed by atoms with Crippen LogP contribution in [0.25, 0.3) is 0 Å². The number of aromatic nitrogens is 2. The number of amides is 1. The van der Waals surface area contributed by atoms with Crippen molar-refractivity contribution in [3.63, 3.8) is 0 Å². The fraction of sp³-hybridized carbons (Fsp3) is 0.267. The summed E-state index contributed by atoms with van der Waals surface area (Å²) in [5, 5.41) is 2.59. The third-order valence-electron chi connectivity index (χ3n) is 3.08. The van der Waals surface area contributed by atoms with E-state index < -0.39 is 10.0 Å². The maximum absolute atomic E-state index is 12.1. The van der Waals surface area contributed by atoms with E-state index in [1.54, 1.807) is 19.1 Å². The van der Waals surface area contributed by atoms with Crippen LogP contribution in [0, 0.1) is 6.92 Å². The molecule has 0 saturated heterocycles. The Kier molecular flexibility index (Phi) is 5.83. The Labute approximate surface area is 140 Å². The molecule has 0 spiro atoms. The topological polar surface area (TPSA) is 110 Å². The van der Waals surface area contributed by atoms with Crippen LogP contribution in [0.15, 0.2) is 41.4 Å². The lowest BCUT2D eigenvalue weighted by Crippen LogP contribution is -2.35. The summed E-state index contributed by atoms with van der Waals surface area (Å²) in [5.74, 6) is 0.674. The van der Waals surface area contributed by atoms with Crippen molar-refractivity contribution >= 4 is 15.9 Å². The van der Waals surface area contributed by atoms with Gasteiger partial charge in [-0.25, -0.2) is 23.1 Å². The van der Waals surface area contributed by atoms with Crippen LogP contribution in [0.4, 0.5) is 0 Å². The quantitative estimate of drug-likeness (QED) is 0.704. The standard InChI is InChI=1S/C15H18N4O4S/c1-11-16-8-7-14(19-11)15(20)17-9-10-18-24(21,22)13-5-3-12(23-2)4-6-13/h3-8,18H,9-10H2,1-2H3,(H,17,20). The molecule has 9 heteroatoms. The molecular formula is C15H18N4O4S. The summed E-state index contributed by atoms with van der Waals surface area (Å²) in [4.78, 5) is 19.9. The molecule has 0 fully saturated rings. The lowest BCUT2D eigenvalue weighted by molar-refractivity contribution is 0.0949. The molecule has 0 atom stereocenters. The number of aryl methyl sites for hydroxylation is 1. The maximum atomic E-state index is 12.1. The number of hydrogen-bond acceptors (Lipinski definition) is 6. The first-order valence-electron chi connectivity index (χ1n) is 7.14. The Morgan fingerprint density at radius 3 is 2.50 bits per heavy atom. The van der Waals surface area contributed by atoms with Gasteiger partial charge in [-0.3, -0.25) is 4.79 Å². The summed E-state index contributed by atoms with van der Waals surface area (Å²) in [6.45, 7) is 1.88. The number of sulfonamides is 1. The third kappa shape index (κ3) is 4.74. The van der Waals surface area contributed by atoms with E-state index in [4.69, 9.17) is 4.74 Å². The summed E-state index contributed by atoms with van der Waals surface area (Å²) in [6.07, 6.45) is 1.49. The molecule has 0 unspecified atom stereocenters. The number of rotatable bonds is 7. The minimum absolute atomic E-state index is 0.0597. The van der Waals surface area contributed by atoms with E-state index in [1.165, 1.54) is 31.5 Å². The van der Waals surface area contributed by atoms with Crippen LogP contribution in [0.3, 0.4) is 0 Å². The Balaban J connectivity index is 1.85. The molecule has 8 nitrogen and oxygen atoms in total. The third-order valence-corrected chi connectivity index (χ3v) is 4.56. The Bertz CT molecular complexity index is 806. The largest absolute Gasteiger partial charge is 0.497 e. The second-order valence-electron chi connectivity index (χ2n) is 4.82. The number of carbonyl (C=O) groups excluding carboxylic acids is 1. The molecule has 0 aliphatic rings. The van der Waals surface area contributed by atoms with Crippen LogP contribution < -0.4 is 14.8 Å². The van der Waals surface area contributed by atoms with E-state index in [2.05, 4.69) is 20.0 Å². The zero-order chi connectivity index (χ0) is 17.6. The van der Waals surface area contributed by atoms with E-state index in [-0.39, 0.29) is 29.6 Å². The number of benzene rings is 1. The number of nitrogens with one attached hydrogen (secondary N) is 2. The summed E-state index contributed by atoms with van der Waals surface area (Å²) in [7, 11) is -2.13. The first-order chi connectivity index (χ1) is 11.4. The minimum atomic E-state index is -3.64. The molecule has 24 heavy (non-hydrogen) atoms. The highest BCUT2D eigenvalue weighted by Crippen LogP contribution is 2.14. The molecular weight excluding hydrogens is 332 g/mol. The molecule has 2 aromatic rings. The van der Waals surface area contributed by atoms with Crippen LogP contribution in [-0.2, 0) is 10.0 Å². The van der Waals surface area contributed by atoms with E-state index in [0.717, 1.165) is 0 Å². The fourth-order valence-electron chi connectivity index (χ4n) is 1.87. The van der Waals surface area contributed by atoms with Gasteiger partial charge in [0.1, 0.15) is 17.3 Å². The van der Waals surface area contributed by atoms with Crippen molar-refractivity contribution in [3.05, 3.63) is 48.0 Å². The molecule has 1 amide bonds. The lowest BCUT2D eigenvalue weighted by atomic mass is 10.3. The normalized spacial score (nSPS) is 11.1.